The van der Waals surface area contributed by atoms with Gasteiger partial charge in [0, 0.05) is 5.46 Å². The molecular formula is C18H23BClF2N3O4S. The minimum absolute atomic E-state index is 0.0686. The zero-order valence-corrected chi connectivity index (χ0v) is 18.7. The third kappa shape index (κ3) is 3.70. The average molecular weight is 462 g/mol. The molecule has 7 nitrogen and oxygen atoms in total. The minimum Gasteiger partial charge on any atom is -0.399 e. The lowest BCUT2D eigenvalue weighted by Gasteiger charge is -2.32. The van der Waals surface area contributed by atoms with Gasteiger partial charge in [0.1, 0.15) is 6.54 Å². The number of nitrogens with zero attached hydrogens (tertiary/aromatic N) is 2. The molecular weight excluding hydrogens is 439 g/mol. The van der Waals surface area contributed by atoms with Gasteiger partial charge in [-0.3, -0.25) is 9.40 Å². The van der Waals surface area contributed by atoms with E-state index in [1.54, 1.807) is 12.1 Å². The summed E-state index contributed by atoms with van der Waals surface area (Å²) in [4.78, 5) is 0. The van der Waals surface area contributed by atoms with Crippen molar-refractivity contribution in [3.05, 3.63) is 17.2 Å². The van der Waals surface area contributed by atoms with E-state index in [0.29, 0.717) is 18.3 Å². The van der Waals surface area contributed by atoms with Crippen LogP contribution in [-0.4, -0.2) is 48.2 Å². The number of benzene rings is 1. The highest BCUT2D eigenvalue weighted by Crippen LogP contribution is 2.39. The maximum absolute atomic E-state index is 13.3. The van der Waals surface area contributed by atoms with Gasteiger partial charge in [-0.25, -0.2) is 17.2 Å². The second-order valence-corrected chi connectivity index (χ2v) is 11.1. The lowest BCUT2D eigenvalue weighted by Crippen LogP contribution is -2.41. The highest BCUT2D eigenvalue weighted by Gasteiger charge is 2.52. The van der Waals surface area contributed by atoms with Crippen molar-refractivity contribution in [2.75, 3.05) is 4.72 Å². The molecule has 30 heavy (non-hydrogen) atoms. The Morgan fingerprint density at radius 1 is 1.27 bits per heavy atom. The topological polar surface area (TPSA) is 82.5 Å². The molecule has 0 radical (unpaired) electrons. The molecule has 1 aliphatic carbocycles. The molecule has 0 amide bonds. The van der Waals surface area contributed by atoms with Gasteiger partial charge < -0.3 is 9.31 Å². The number of hydrogen-bond acceptors (Lipinski definition) is 5. The quantitative estimate of drug-likeness (QED) is 0.668. The van der Waals surface area contributed by atoms with Gasteiger partial charge >= 0.3 is 7.12 Å². The van der Waals surface area contributed by atoms with E-state index in [9.17, 15) is 17.2 Å². The van der Waals surface area contributed by atoms with Crippen molar-refractivity contribution >= 4 is 50.9 Å². The van der Waals surface area contributed by atoms with E-state index >= 15 is 0 Å². The molecule has 1 N–H and O–H groups in total. The molecule has 1 saturated heterocycles. The summed E-state index contributed by atoms with van der Waals surface area (Å²) in [6.07, 6.45) is -1.60. The van der Waals surface area contributed by atoms with Crippen LogP contribution in [-0.2, 0) is 25.9 Å². The first kappa shape index (κ1) is 21.8. The van der Waals surface area contributed by atoms with Gasteiger partial charge in [0.05, 0.1) is 32.4 Å². The predicted molar refractivity (Wildman–Crippen MR) is 112 cm³/mol. The summed E-state index contributed by atoms with van der Waals surface area (Å²) in [6.45, 7) is 6.80. The smallest absolute Gasteiger partial charge is 0.399 e. The number of hydrogen-bond donors (Lipinski definition) is 1. The van der Waals surface area contributed by atoms with Gasteiger partial charge in [-0.1, -0.05) is 17.7 Å². The maximum Gasteiger partial charge on any atom is 0.497 e. The van der Waals surface area contributed by atoms with Crippen molar-refractivity contribution in [1.82, 2.24) is 9.78 Å². The minimum atomic E-state index is -3.67. The molecule has 12 heteroatoms. The highest BCUT2D eigenvalue weighted by atomic mass is 35.5. The van der Waals surface area contributed by atoms with Gasteiger partial charge in [0.25, 0.3) is 6.43 Å². The van der Waals surface area contributed by atoms with E-state index in [-0.39, 0.29) is 21.7 Å². The van der Waals surface area contributed by atoms with Gasteiger partial charge in [-0.2, -0.15) is 5.10 Å². The van der Waals surface area contributed by atoms with Crippen LogP contribution in [0.5, 0.6) is 0 Å². The number of halogens is 3. The molecule has 164 valence electrons. The van der Waals surface area contributed by atoms with Crippen molar-refractivity contribution in [1.29, 1.82) is 0 Å². The van der Waals surface area contributed by atoms with E-state index < -0.39 is 46.6 Å². The molecule has 2 heterocycles. The van der Waals surface area contributed by atoms with Crippen LogP contribution in [0.3, 0.4) is 0 Å². The number of sulfonamides is 1. The molecule has 0 spiro atoms. The molecule has 2 aromatic rings. The van der Waals surface area contributed by atoms with Gasteiger partial charge in [-0.05, 0) is 46.6 Å². The SMILES string of the molecule is CC1(C)OB(c2ccc(Cl)c3c(NS(=O)(=O)C4CC4)nn(CC(F)F)c23)OC1(C)C. The average Bonchev–Trinajstić information content (AvgIpc) is 3.36. The predicted octanol–water partition coefficient (Wildman–Crippen LogP) is 3.16. The second-order valence-electron chi connectivity index (χ2n) is 8.72. The van der Waals surface area contributed by atoms with E-state index in [0.717, 1.165) is 4.68 Å². The first-order chi connectivity index (χ1) is 13.8. The van der Waals surface area contributed by atoms with E-state index in [2.05, 4.69) is 9.82 Å². The normalized spacial score (nSPS) is 21.0. The molecule has 4 rings (SSSR count). The fourth-order valence-corrected chi connectivity index (χ4v) is 4.98. The summed E-state index contributed by atoms with van der Waals surface area (Å²) in [5.41, 5.74) is -0.575. The zero-order chi connectivity index (χ0) is 22.1. The van der Waals surface area contributed by atoms with Gasteiger partial charge in [0.2, 0.25) is 10.0 Å². The third-order valence-electron chi connectivity index (χ3n) is 5.89. The summed E-state index contributed by atoms with van der Waals surface area (Å²) in [5, 5.41) is 4.08. The van der Waals surface area contributed by atoms with Crippen LogP contribution in [0.2, 0.25) is 5.02 Å². The summed E-state index contributed by atoms with van der Waals surface area (Å²) >= 11 is 6.37. The van der Waals surface area contributed by atoms with Crippen LogP contribution in [0.15, 0.2) is 12.1 Å². The van der Waals surface area contributed by atoms with Crippen molar-refractivity contribution in [2.45, 2.75) is 70.0 Å². The Kier molecular flexibility index (Phi) is 5.12. The Balaban J connectivity index is 1.87. The molecule has 1 aromatic carbocycles. The fraction of sp³-hybridized carbons (Fsp3) is 0.611. The number of anilines is 1. The van der Waals surface area contributed by atoms with Crippen molar-refractivity contribution in [3.63, 3.8) is 0 Å². The number of rotatable bonds is 6. The zero-order valence-electron chi connectivity index (χ0n) is 17.1. The van der Waals surface area contributed by atoms with Gasteiger partial charge in [0.15, 0.2) is 5.82 Å². The van der Waals surface area contributed by atoms with E-state index in [1.165, 1.54) is 0 Å². The van der Waals surface area contributed by atoms with Crippen LogP contribution in [0, 0.1) is 0 Å². The number of aromatic nitrogens is 2. The number of nitrogens with one attached hydrogen (secondary N) is 1. The molecule has 0 unspecified atom stereocenters. The monoisotopic (exact) mass is 461 g/mol. The van der Waals surface area contributed by atoms with Crippen LogP contribution >= 0.6 is 11.6 Å². The summed E-state index contributed by atoms with van der Waals surface area (Å²) in [7, 11) is -4.52. The first-order valence-corrected chi connectivity index (χ1v) is 11.6. The highest BCUT2D eigenvalue weighted by molar-refractivity contribution is 7.93. The van der Waals surface area contributed by atoms with Crippen molar-refractivity contribution < 1.29 is 26.5 Å². The van der Waals surface area contributed by atoms with Gasteiger partial charge in [-0.15, -0.1) is 0 Å². The summed E-state index contributed by atoms with van der Waals surface area (Å²) < 4.78 is 67.2. The summed E-state index contributed by atoms with van der Waals surface area (Å²) in [6, 6.07) is 3.20. The molecule has 1 aliphatic heterocycles. The molecule has 2 fully saturated rings. The lowest BCUT2D eigenvalue weighted by atomic mass is 9.77. The number of alkyl halides is 2. The maximum atomic E-state index is 13.3. The molecule has 1 aromatic heterocycles. The molecule has 1 saturated carbocycles. The molecule has 0 bridgehead atoms. The standard InChI is InChI=1S/C18H23BClF2N3O4S/c1-17(2)18(3,4)29-19(28-17)11-7-8-12(20)14-15(11)25(9-13(21)22)23-16(14)24-30(26,27)10-5-6-10/h7-8,10,13H,5-6,9H2,1-4H3,(H,23,24). The Morgan fingerprint density at radius 3 is 2.40 bits per heavy atom. The van der Waals surface area contributed by atoms with Crippen molar-refractivity contribution in [2.24, 2.45) is 0 Å². The summed E-state index contributed by atoms with van der Waals surface area (Å²) in [5.74, 6) is -0.0686. The number of fused-ring (bicyclic) bond motifs is 1. The van der Waals surface area contributed by atoms with E-state index in [1.807, 2.05) is 27.7 Å². The van der Waals surface area contributed by atoms with Crippen LogP contribution in [0.1, 0.15) is 40.5 Å². The Labute approximate surface area is 179 Å². The Morgan fingerprint density at radius 2 is 1.87 bits per heavy atom. The van der Waals surface area contributed by atoms with Crippen LogP contribution in [0.25, 0.3) is 10.9 Å². The van der Waals surface area contributed by atoms with Crippen molar-refractivity contribution in [3.8, 4) is 0 Å². The molecule has 0 atom stereocenters. The third-order valence-corrected chi connectivity index (χ3v) is 8.04. The van der Waals surface area contributed by atoms with Crippen LogP contribution < -0.4 is 10.2 Å². The molecule has 2 aliphatic rings. The Bertz CT molecular complexity index is 1090. The largest absolute Gasteiger partial charge is 0.497 e. The van der Waals surface area contributed by atoms with E-state index in [4.69, 9.17) is 20.9 Å². The second kappa shape index (κ2) is 7.05. The lowest BCUT2D eigenvalue weighted by molar-refractivity contribution is 0.00578. The van der Waals surface area contributed by atoms with Crippen LogP contribution in [0.4, 0.5) is 14.6 Å². The first-order valence-electron chi connectivity index (χ1n) is 9.67. The Hall–Kier alpha value is -1.43. The fourth-order valence-electron chi connectivity index (χ4n) is 3.40.